The lowest BCUT2D eigenvalue weighted by Gasteiger charge is -2.21. The van der Waals surface area contributed by atoms with Crippen LogP contribution in [0, 0.1) is 11.6 Å². The van der Waals surface area contributed by atoms with Crippen molar-refractivity contribution in [2.24, 2.45) is 0 Å². The summed E-state index contributed by atoms with van der Waals surface area (Å²) >= 11 is 6.95. The number of aliphatic hydroxyl groups is 1. The Morgan fingerprint density at radius 2 is 1.88 bits per heavy atom. The van der Waals surface area contributed by atoms with E-state index in [1.165, 1.54) is 29.7 Å². The van der Waals surface area contributed by atoms with Crippen LogP contribution < -0.4 is 4.90 Å². The van der Waals surface area contributed by atoms with Gasteiger partial charge in [0.05, 0.1) is 11.1 Å². The van der Waals surface area contributed by atoms with E-state index in [1.807, 2.05) is 4.90 Å². The summed E-state index contributed by atoms with van der Waals surface area (Å²) in [5, 5.41) is 9.64. The van der Waals surface area contributed by atoms with Gasteiger partial charge in [-0.15, -0.1) is 0 Å². The summed E-state index contributed by atoms with van der Waals surface area (Å²) in [4.78, 5) is 14.1. The Balaban J connectivity index is 1.96. The monoisotopic (exact) mass is 382 g/mol. The first-order chi connectivity index (χ1) is 12.1. The number of nitrogens with zero attached hydrogens (tertiary/aromatic N) is 4. The fourth-order valence-electron chi connectivity index (χ4n) is 2.20. The number of aromatic nitrogens is 3. The molecule has 1 N–H and O–H groups in total. The molecule has 0 unspecified atom stereocenters. The lowest BCUT2D eigenvalue weighted by Crippen LogP contribution is -2.19. The fraction of sp³-hybridized carbons (Fsp3) is 0.188. The minimum absolute atomic E-state index is 0.00603. The molecule has 1 aromatic carbocycles. The van der Waals surface area contributed by atoms with Gasteiger partial charge in [0.2, 0.25) is 5.28 Å². The van der Waals surface area contributed by atoms with E-state index in [9.17, 15) is 8.78 Å². The van der Waals surface area contributed by atoms with Gasteiger partial charge in [-0.1, -0.05) is 11.3 Å². The van der Waals surface area contributed by atoms with Crippen LogP contribution in [0.1, 0.15) is 6.42 Å². The van der Waals surface area contributed by atoms with Gasteiger partial charge < -0.3 is 10.0 Å². The van der Waals surface area contributed by atoms with Crippen molar-refractivity contribution in [2.75, 3.05) is 18.1 Å². The predicted molar refractivity (Wildman–Crippen MR) is 93.2 cm³/mol. The van der Waals surface area contributed by atoms with Gasteiger partial charge in [-0.25, -0.2) is 23.7 Å². The molecule has 0 aliphatic carbocycles. The Bertz CT molecular complexity index is 860. The van der Waals surface area contributed by atoms with Crippen LogP contribution in [-0.2, 0) is 0 Å². The minimum atomic E-state index is -0.594. The van der Waals surface area contributed by atoms with E-state index in [4.69, 9.17) is 16.7 Å². The number of anilines is 2. The standard InChI is InChI=1S/C16H13ClF2N4OS/c17-15-20-8-12(19)14(22-15)13-9-21-16(25-13)23(6-1-7-24)11-4-2-10(18)3-5-11/h2-5,8-9,24H,1,6-7H2. The molecule has 0 amide bonds. The van der Waals surface area contributed by atoms with E-state index in [0.29, 0.717) is 23.0 Å². The van der Waals surface area contributed by atoms with Crippen LogP contribution in [0.3, 0.4) is 0 Å². The van der Waals surface area contributed by atoms with Crippen LogP contribution in [0.25, 0.3) is 10.6 Å². The van der Waals surface area contributed by atoms with Crippen molar-refractivity contribution in [3.63, 3.8) is 0 Å². The number of hydrogen-bond acceptors (Lipinski definition) is 6. The average Bonchev–Trinajstić information content (AvgIpc) is 3.08. The van der Waals surface area contributed by atoms with Crippen LogP contribution in [0.2, 0.25) is 5.28 Å². The van der Waals surface area contributed by atoms with Crippen molar-refractivity contribution in [3.05, 3.63) is 53.6 Å². The second-order valence-corrected chi connectivity index (χ2v) is 6.40. The van der Waals surface area contributed by atoms with Crippen LogP contribution in [0.4, 0.5) is 19.6 Å². The third kappa shape index (κ3) is 4.09. The predicted octanol–water partition coefficient (Wildman–Crippen LogP) is 4.05. The highest BCUT2D eigenvalue weighted by atomic mass is 35.5. The Morgan fingerprint density at radius 1 is 1.12 bits per heavy atom. The second kappa shape index (κ2) is 7.81. The van der Waals surface area contributed by atoms with Gasteiger partial charge in [0.15, 0.2) is 10.9 Å². The zero-order chi connectivity index (χ0) is 17.8. The maximum Gasteiger partial charge on any atom is 0.223 e. The Kier molecular flexibility index (Phi) is 5.52. The van der Waals surface area contributed by atoms with Crippen LogP contribution in [-0.4, -0.2) is 33.2 Å². The summed E-state index contributed by atoms with van der Waals surface area (Å²) in [7, 11) is 0. The van der Waals surface area contributed by atoms with E-state index >= 15 is 0 Å². The average molecular weight is 383 g/mol. The molecule has 9 heteroatoms. The molecule has 5 nitrogen and oxygen atoms in total. The topological polar surface area (TPSA) is 62.1 Å². The summed E-state index contributed by atoms with van der Waals surface area (Å²) in [6.45, 7) is 0.480. The molecule has 3 rings (SSSR count). The SMILES string of the molecule is OCCCN(c1ccc(F)cc1)c1ncc(-c2nc(Cl)ncc2F)s1. The number of benzene rings is 1. The first-order valence-electron chi connectivity index (χ1n) is 7.36. The Hall–Kier alpha value is -2.16. The maximum absolute atomic E-state index is 13.9. The normalized spacial score (nSPS) is 10.9. The first-order valence-corrected chi connectivity index (χ1v) is 8.56. The molecule has 2 heterocycles. The van der Waals surface area contributed by atoms with Crippen molar-refractivity contribution in [1.82, 2.24) is 15.0 Å². The molecule has 130 valence electrons. The van der Waals surface area contributed by atoms with Crippen LogP contribution >= 0.6 is 22.9 Å². The minimum Gasteiger partial charge on any atom is -0.396 e. The highest BCUT2D eigenvalue weighted by Gasteiger charge is 2.17. The largest absolute Gasteiger partial charge is 0.396 e. The van der Waals surface area contributed by atoms with E-state index < -0.39 is 5.82 Å². The molecule has 0 bridgehead atoms. The van der Waals surface area contributed by atoms with Crippen molar-refractivity contribution in [2.45, 2.75) is 6.42 Å². The van der Waals surface area contributed by atoms with E-state index in [0.717, 1.165) is 11.9 Å². The number of rotatable bonds is 6. The van der Waals surface area contributed by atoms with Gasteiger partial charge >= 0.3 is 0 Å². The zero-order valence-electron chi connectivity index (χ0n) is 12.9. The van der Waals surface area contributed by atoms with E-state index in [2.05, 4.69) is 15.0 Å². The molecular formula is C16H13ClF2N4OS. The van der Waals surface area contributed by atoms with Gasteiger partial charge in [0.25, 0.3) is 0 Å². The number of hydrogen-bond donors (Lipinski definition) is 1. The van der Waals surface area contributed by atoms with Crippen LogP contribution in [0.15, 0.2) is 36.7 Å². The lowest BCUT2D eigenvalue weighted by atomic mass is 10.2. The molecule has 2 aromatic heterocycles. The smallest absolute Gasteiger partial charge is 0.223 e. The Labute approximate surface area is 151 Å². The summed E-state index contributed by atoms with van der Waals surface area (Å²) in [6, 6.07) is 5.94. The van der Waals surface area contributed by atoms with Gasteiger partial charge in [0, 0.05) is 25.0 Å². The highest BCUT2D eigenvalue weighted by Crippen LogP contribution is 2.35. The second-order valence-electron chi connectivity index (χ2n) is 5.05. The third-order valence-electron chi connectivity index (χ3n) is 3.35. The maximum atomic E-state index is 13.9. The van der Waals surface area contributed by atoms with Gasteiger partial charge in [0.1, 0.15) is 11.5 Å². The van der Waals surface area contributed by atoms with Crippen molar-refractivity contribution < 1.29 is 13.9 Å². The summed E-state index contributed by atoms with van der Waals surface area (Å²) in [6.07, 6.45) is 3.00. The highest BCUT2D eigenvalue weighted by molar-refractivity contribution is 7.18. The molecule has 0 fully saturated rings. The Morgan fingerprint density at radius 3 is 2.60 bits per heavy atom. The number of thiazole rings is 1. The quantitative estimate of drug-likeness (QED) is 0.651. The third-order valence-corrected chi connectivity index (χ3v) is 4.56. The molecule has 0 radical (unpaired) electrons. The summed E-state index contributed by atoms with van der Waals surface area (Å²) in [5.41, 5.74) is 0.793. The number of halogens is 3. The molecule has 25 heavy (non-hydrogen) atoms. The van der Waals surface area contributed by atoms with Crippen molar-refractivity contribution in [3.8, 4) is 10.6 Å². The fourth-order valence-corrected chi connectivity index (χ4v) is 3.29. The summed E-state index contributed by atoms with van der Waals surface area (Å²) < 4.78 is 27.1. The van der Waals surface area contributed by atoms with E-state index in [-0.39, 0.29) is 23.4 Å². The number of aliphatic hydroxyl groups excluding tert-OH is 1. The van der Waals surface area contributed by atoms with Crippen molar-refractivity contribution in [1.29, 1.82) is 0 Å². The lowest BCUT2D eigenvalue weighted by molar-refractivity contribution is 0.291. The van der Waals surface area contributed by atoms with Gasteiger partial charge in [-0.2, -0.15) is 0 Å². The van der Waals surface area contributed by atoms with Gasteiger partial charge in [-0.3, -0.25) is 0 Å². The first kappa shape index (κ1) is 17.7. The van der Waals surface area contributed by atoms with Crippen LogP contribution in [0.5, 0.6) is 0 Å². The van der Waals surface area contributed by atoms with Crippen molar-refractivity contribution >= 4 is 33.8 Å². The van der Waals surface area contributed by atoms with Gasteiger partial charge in [-0.05, 0) is 42.3 Å². The van der Waals surface area contributed by atoms with E-state index in [1.54, 1.807) is 12.1 Å². The molecule has 0 aliphatic rings. The molecule has 0 saturated heterocycles. The molecule has 0 atom stereocenters. The molecule has 3 aromatic rings. The summed E-state index contributed by atoms with van der Waals surface area (Å²) in [5.74, 6) is -0.938. The zero-order valence-corrected chi connectivity index (χ0v) is 14.4. The molecular weight excluding hydrogens is 370 g/mol. The molecule has 0 aliphatic heterocycles. The molecule has 0 spiro atoms. The molecule has 0 saturated carbocycles.